The molecule has 0 unspecified atom stereocenters. The second-order valence-electron chi connectivity index (χ2n) is 5.79. The first-order chi connectivity index (χ1) is 12.6. The number of aryl methyl sites for hydroxylation is 2. The molecular weight excluding hydrogens is 331 g/mol. The summed E-state index contributed by atoms with van der Waals surface area (Å²) in [5.41, 5.74) is 1.41. The van der Waals surface area contributed by atoms with Gasteiger partial charge in [-0.15, -0.1) is 0 Å². The summed E-state index contributed by atoms with van der Waals surface area (Å²) in [5, 5.41) is 10.4. The van der Waals surface area contributed by atoms with Gasteiger partial charge >= 0.3 is 0 Å². The van der Waals surface area contributed by atoms with Crippen molar-refractivity contribution < 1.29 is 4.39 Å². The molecule has 26 heavy (non-hydrogen) atoms. The quantitative estimate of drug-likeness (QED) is 0.671. The molecule has 2 N–H and O–H groups in total. The number of benzene rings is 2. The minimum absolute atomic E-state index is 0.200. The van der Waals surface area contributed by atoms with Gasteiger partial charge in [0.25, 0.3) is 5.56 Å². The molecule has 1 aromatic heterocycles. The molecule has 0 aliphatic heterocycles. The topological polar surface area (TPSA) is 70.8 Å². The summed E-state index contributed by atoms with van der Waals surface area (Å²) in [4.78, 5) is 17.5. The fourth-order valence-corrected chi connectivity index (χ4v) is 2.86. The minimum Gasteiger partial charge on any atom is -0.372 e. The number of aromatic nitrogens is 2. The highest BCUT2D eigenvalue weighted by molar-refractivity contribution is 5.83. The Kier molecular flexibility index (Phi) is 5.22. The molecule has 6 heteroatoms. The Morgan fingerprint density at radius 1 is 1.15 bits per heavy atom. The van der Waals surface area contributed by atoms with Crippen LogP contribution in [0.25, 0.3) is 5.69 Å². The first kappa shape index (κ1) is 17.5. The molecule has 132 valence electrons. The number of hydrogen-bond acceptors (Lipinski definition) is 4. The molecule has 0 atom stereocenters. The molecule has 0 aliphatic rings. The van der Waals surface area contributed by atoms with Crippen LogP contribution < -0.4 is 10.9 Å². The highest BCUT2D eigenvalue weighted by atomic mass is 19.1. The van der Waals surface area contributed by atoms with Gasteiger partial charge in [-0.3, -0.25) is 9.36 Å². The van der Waals surface area contributed by atoms with Gasteiger partial charge in [0.2, 0.25) is 0 Å². The Bertz CT molecular complexity index is 983. The first-order valence-electron chi connectivity index (χ1n) is 8.28. The smallest absolute Gasteiger partial charge is 0.269 e. The molecule has 0 saturated carbocycles. The second-order valence-corrected chi connectivity index (χ2v) is 5.79. The first-order valence-corrected chi connectivity index (χ1v) is 8.28. The second kappa shape index (κ2) is 7.74. The maximum absolute atomic E-state index is 13.4. The fourth-order valence-electron chi connectivity index (χ4n) is 2.86. The van der Waals surface area contributed by atoms with Gasteiger partial charge in [0, 0.05) is 19.7 Å². The summed E-state index contributed by atoms with van der Waals surface area (Å²) in [6, 6.07) is 15.6. The number of nitrogens with zero attached hydrogens (tertiary/aromatic N) is 2. The Balaban J connectivity index is 2.09. The zero-order valence-corrected chi connectivity index (χ0v) is 14.4. The lowest BCUT2D eigenvalue weighted by molar-refractivity contribution is 0.624. The summed E-state index contributed by atoms with van der Waals surface area (Å²) in [7, 11) is 1.66. The molecule has 0 amide bonds. The third kappa shape index (κ3) is 3.54. The fraction of sp³-hybridized carbons (Fsp3) is 0.150. The van der Waals surface area contributed by atoms with Crippen LogP contribution in [-0.4, -0.2) is 22.8 Å². The molecule has 5 nitrogen and oxygen atoms in total. The van der Waals surface area contributed by atoms with Crippen molar-refractivity contribution in [1.82, 2.24) is 9.55 Å². The van der Waals surface area contributed by atoms with Crippen LogP contribution in [0.4, 0.5) is 10.2 Å². The van der Waals surface area contributed by atoms with Gasteiger partial charge < -0.3 is 10.7 Å². The predicted molar refractivity (Wildman–Crippen MR) is 101 cm³/mol. The summed E-state index contributed by atoms with van der Waals surface area (Å²) in [6.07, 6.45) is 2.02. The highest BCUT2D eigenvalue weighted by Crippen LogP contribution is 2.15. The van der Waals surface area contributed by atoms with Gasteiger partial charge in [0.1, 0.15) is 23.0 Å². The lowest BCUT2D eigenvalue weighted by Gasteiger charge is -2.15. The van der Waals surface area contributed by atoms with Crippen molar-refractivity contribution >= 4 is 12.0 Å². The van der Waals surface area contributed by atoms with E-state index in [2.05, 4.69) is 10.3 Å². The van der Waals surface area contributed by atoms with E-state index in [1.807, 2.05) is 36.4 Å². The van der Waals surface area contributed by atoms with Crippen LogP contribution in [0.2, 0.25) is 0 Å². The number of nitrogens with one attached hydrogen (secondary N) is 2. The molecule has 1 heterocycles. The number of rotatable bonds is 6. The van der Waals surface area contributed by atoms with Gasteiger partial charge in [-0.1, -0.05) is 30.3 Å². The van der Waals surface area contributed by atoms with E-state index < -0.39 is 0 Å². The van der Waals surface area contributed by atoms with Gasteiger partial charge in [0.05, 0.1) is 5.69 Å². The van der Waals surface area contributed by atoms with E-state index in [1.54, 1.807) is 13.1 Å². The van der Waals surface area contributed by atoms with E-state index in [0.717, 1.165) is 11.8 Å². The SMILES string of the molecule is CNc1nc(CCc2cccc(F)c2)n(-c2ccccc2)c(=O)c1C=N. The highest BCUT2D eigenvalue weighted by Gasteiger charge is 2.16. The maximum Gasteiger partial charge on any atom is 0.269 e. The molecule has 0 bridgehead atoms. The molecule has 3 aromatic rings. The van der Waals surface area contributed by atoms with Crippen LogP contribution in [0.15, 0.2) is 59.4 Å². The molecule has 0 spiro atoms. The van der Waals surface area contributed by atoms with Crippen LogP contribution in [0.5, 0.6) is 0 Å². The van der Waals surface area contributed by atoms with E-state index >= 15 is 0 Å². The molecule has 0 fully saturated rings. The summed E-state index contributed by atoms with van der Waals surface area (Å²) < 4.78 is 14.9. The van der Waals surface area contributed by atoms with Crippen LogP contribution in [-0.2, 0) is 12.8 Å². The van der Waals surface area contributed by atoms with Gasteiger partial charge in [-0.2, -0.15) is 0 Å². The van der Waals surface area contributed by atoms with E-state index in [4.69, 9.17) is 5.41 Å². The predicted octanol–water partition coefficient (Wildman–Crippen LogP) is 3.20. The van der Waals surface area contributed by atoms with Gasteiger partial charge in [-0.05, 0) is 36.2 Å². The van der Waals surface area contributed by atoms with Gasteiger partial charge in [0.15, 0.2) is 0 Å². The van der Waals surface area contributed by atoms with E-state index in [-0.39, 0.29) is 16.9 Å². The zero-order valence-electron chi connectivity index (χ0n) is 14.4. The Labute approximate surface area is 150 Å². The molecule has 0 radical (unpaired) electrons. The molecule has 0 saturated heterocycles. The van der Waals surface area contributed by atoms with E-state index in [0.29, 0.717) is 30.2 Å². The van der Waals surface area contributed by atoms with Crippen LogP contribution in [0.1, 0.15) is 17.0 Å². The van der Waals surface area contributed by atoms with Crippen molar-refractivity contribution in [3.05, 3.63) is 87.7 Å². The summed E-state index contributed by atoms with van der Waals surface area (Å²) in [6.45, 7) is 0. The van der Waals surface area contributed by atoms with Crippen LogP contribution in [0.3, 0.4) is 0 Å². The monoisotopic (exact) mass is 350 g/mol. The lowest BCUT2D eigenvalue weighted by Crippen LogP contribution is -2.28. The van der Waals surface area contributed by atoms with Crippen molar-refractivity contribution in [1.29, 1.82) is 5.41 Å². The number of anilines is 1. The maximum atomic E-state index is 13.4. The Morgan fingerprint density at radius 2 is 1.92 bits per heavy atom. The number of hydrogen-bond donors (Lipinski definition) is 2. The Morgan fingerprint density at radius 3 is 2.58 bits per heavy atom. The summed E-state index contributed by atoms with van der Waals surface area (Å²) in [5.74, 6) is 0.637. The number of halogens is 1. The standard InChI is InChI=1S/C20H19FN4O/c1-23-19-17(13-22)20(26)25(16-8-3-2-4-9-16)18(24-19)11-10-14-6-5-7-15(21)12-14/h2-9,12-13,22-23H,10-11H2,1H3. The molecule has 2 aromatic carbocycles. The van der Waals surface area contributed by atoms with Crippen molar-refractivity contribution in [2.45, 2.75) is 12.8 Å². The average Bonchev–Trinajstić information content (AvgIpc) is 2.66. The normalized spacial score (nSPS) is 10.5. The minimum atomic E-state index is -0.306. The van der Waals surface area contributed by atoms with Crippen molar-refractivity contribution in [2.75, 3.05) is 12.4 Å². The van der Waals surface area contributed by atoms with E-state index in [9.17, 15) is 9.18 Å². The largest absolute Gasteiger partial charge is 0.372 e. The van der Waals surface area contributed by atoms with Crippen LogP contribution >= 0.6 is 0 Å². The molecular formula is C20H19FN4O. The third-order valence-corrected chi connectivity index (χ3v) is 4.11. The average molecular weight is 350 g/mol. The summed E-state index contributed by atoms with van der Waals surface area (Å²) >= 11 is 0. The number of para-hydroxylation sites is 1. The zero-order chi connectivity index (χ0) is 18.5. The van der Waals surface area contributed by atoms with Crippen LogP contribution in [0, 0.1) is 11.2 Å². The van der Waals surface area contributed by atoms with Crippen molar-refractivity contribution in [3.63, 3.8) is 0 Å². The van der Waals surface area contributed by atoms with Gasteiger partial charge in [-0.25, -0.2) is 9.37 Å². The van der Waals surface area contributed by atoms with Crippen molar-refractivity contribution in [2.24, 2.45) is 0 Å². The molecule has 0 aliphatic carbocycles. The Hall–Kier alpha value is -3.28. The lowest BCUT2D eigenvalue weighted by atomic mass is 10.1. The molecule has 3 rings (SSSR count). The van der Waals surface area contributed by atoms with E-state index in [1.165, 1.54) is 16.7 Å². The van der Waals surface area contributed by atoms with Crippen molar-refractivity contribution in [3.8, 4) is 5.69 Å². The third-order valence-electron chi connectivity index (χ3n) is 4.11.